The summed E-state index contributed by atoms with van der Waals surface area (Å²) < 4.78 is 31.7. The fraction of sp³-hybridized carbons (Fsp3) is 0.375. The van der Waals surface area contributed by atoms with Gasteiger partial charge in [-0.25, -0.2) is 18.6 Å². The maximum Gasteiger partial charge on any atom is 0.407 e. The summed E-state index contributed by atoms with van der Waals surface area (Å²) in [7, 11) is 0. The highest BCUT2D eigenvalue weighted by molar-refractivity contribution is 6.30. The van der Waals surface area contributed by atoms with Crippen molar-refractivity contribution in [1.82, 2.24) is 16.0 Å². The Balaban J connectivity index is 1.66. The van der Waals surface area contributed by atoms with Crippen molar-refractivity contribution in [3.05, 3.63) is 70.2 Å². The zero-order valence-electron chi connectivity index (χ0n) is 18.7. The quantitative estimate of drug-likeness (QED) is 0.407. The fourth-order valence-corrected chi connectivity index (χ4v) is 3.74. The van der Waals surface area contributed by atoms with Crippen molar-refractivity contribution in [3.63, 3.8) is 0 Å². The Morgan fingerprint density at radius 3 is 2.26 bits per heavy atom. The standard InChI is InChI=1S/C24H27ClF2N4O3/c1-2-34-24(33)30-19-10-8-18(9-11-19)29-23(28-14-15-3-6-17(25)7-4-15)31-22(32)16-5-12-20(26)21(27)13-16/h3-7,12-13,18-19H,2,8-11,14H2,1H3,(H,30,33)(H2,28,29,31,32). The number of hydrogen-bond acceptors (Lipinski definition) is 4. The van der Waals surface area contributed by atoms with E-state index in [4.69, 9.17) is 16.3 Å². The van der Waals surface area contributed by atoms with E-state index in [1.807, 2.05) is 12.1 Å². The first-order valence-corrected chi connectivity index (χ1v) is 11.5. The lowest BCUT2D eigenvalue weighted by Crippen LogP contribution is -2.49. The van der Waals surface area contributed by atoms with E-state index in [2.05, 4.69) is 20.9 Å². The van der Waals surface area contributed by atoms with Gasteiger partial charge in [0.1, 0.15) is 0 Å². The molecule has 2 aromatic rings. The molecule has 1 fully saturated rings. The van der Waals surface area contributed by atoms with Crippen LogP contribution in [0.2, 0.25) is 5.02 Å². The van der Waals surface area contributed by atoms with Crippen molar-refractivity contribution in [2.75, 3.05) is 6.61 Å². The Morgan fingerprint density at radius 1 is 1.00 bits per heavy atom. The molecule has 2 amide bonds. The van der Waals surface area contributed by atoms with Crippen molar-refractivity contribution in [3.8, 4) is 0 Å². The molecule has 0 aromatic heterocycles. The third kappa shape index (κ3) is 7.69. The maximum atomic E-state index is 13.6. The van der Waals surface area contributed by atoms with E-state index in [1.165, 1.54) is 6.07 Å². The second-order valence-corrected chi connectivity index (χ2v) is 8.37. The molecule has 0 saturated heterocycles. The molecular formula is C24H27ClF2N4O3. The number of halogens is 3. The van der Waals surface area contributed by atoms with Crippen LogP contribution in [0.3, 0.4) is 0 Å². The van der Waals surface area contributed by atoms with Crippen LogP contribution in [0, 0.1) is 11.6 Å². The number of ether oxygens (including phenoxy) is 1. The predicted octanol–water partition coefficient (Wildman–Crippen LogP) is 4.55. The van der Waals surface area contributed by atoms with Gasteiger partial charge in [0.15, 0.2) is 17.6 Å². The number of guanidine groups is 1. The lowest BCUT2D eigenvalue weighted by atomic mass is 9.91. The normalized spacial score (nSPS) is 18.2. The van der Waals surface area contributed by atoms with E-state index < -0.39 is 23.6 Å². The van der Waals surface area contributed by atoms with Crippen molar-refractivity contribution < 1.29 is 23.1 Å². The van der Waals surface area contributed by atoms with Crippen LogP contribution in [0.25, 0.3) is 0 Å². The summed E-state index contributed by atoms with van der Waals surface area (Å²) in [5.41, 5.74) is 0.857. The van der Waals surface area contributed by atoms with E-state index >= 15 is 0 Å². The number of alkyl carbamates (subject to hydrolysis) is 1. The van der Waals surface area contributed by atoms with Crippen LogP contribution in [0.4, 0.5) is 13.6 Å². The Labute approximate surface area is 201 Å². The van der Waals surface area contributed by atoms with Crippen molar-refractivity contribution in [2.45, 2.75) is 51.2 Å². The number of hydrogen-bond donors (Lipinski definition) is 3. The van der Waals surface area contributed by atoms with Gasteiger partial charge in [0.25, 0.3) is 5.91 Å². The van der Waals surface area contributed by atoms with Crippen LogP contribution in [0.1, 0.15) is 48.5 Å². The molecule has 0 bridgehead atoms. The molecule has 1 aliphatic carbocycles. The van der Waals surface area contributed by atoms with Crippen LogP contribution in [0.5, 0.6) is 0 Å². The van der Waals surface area contributed by atoms with Crippen LogP contribution in [-0.4, -0.2) is 36.7 Å². The minimum absolute atomic E-state index is 0.00877. The van der Waals surface area contributed by atoms with Crippen LogP contribution in [-0.2, 0) is 11.3 Å². The molecule has 7 nitrogen and oxygen atoms in total. The first-order chi connectivity index (χ1) is 16.3. The first kappa shape index (κ1) is 25.4. The van der Waals surface area contributed by atoms with E-state index in [0.29, 0.717) is 11.6 Å². The minimum Gasteiger partial charge on any atom is -0.450 e. The average Bonchev–Trinajstić information content (AvgIpc) is 2.81. The van der Waals surface area contributed by atoms with E-state index in [-0.39, 0.29) is 30.2 Å². The topological polar surface area (TPSA) is 91.8 Å². The monoisotopic (exact) mass is 492 g/mol. The summed E-state index contributed by atoms with van der Waals surface area (Å²) in [5.74, 6) is -2.52. The number of amides is 2. The van der Waals surface area contributed by atoms with Gasteiger partial charge in [0, 0.05) is 22.7 Å². The van der Waals surface area contributed by atoms with Gasteiger partial charge < -0.3 is 15.4 Å². The zero-order valence-corrected chi connectivity index (χ0v) is 19.5. The highest BCUT2D eigenvalue weighted by Crippen LogP contribution is 2.19. The molecule has 10 heteroatoms. The molecule has 3 rings (SSSR count). The van der Waals surface area contributed by atoms with Gasteiger partial charge in [-0.05, 0) is 68.5 Å². The largest absolute Gasteiger partial charge is 0.450 e. The summed E-state index contributed by atoms with van der Waals surface area (Å²) >= 11 is 5.93. The highest BCUT2D eigenvalue weighted by Gasteiger charge is 2.24. The van der Waals surface area contributed by atoms with Crippen molar-refractivity contribution >= 4 is 29.6 Å². The molecule has 1 saturated carbocycles. The molecule has 182 valence electrons. The summed E-state index contributed by atoms with van der Waals surface area (Å²) in [4.78, 5) is 28.8. The molecule has 3 N–H and O–H groups in total. The van der Waals surface area contributed by atoms with Crippen molar-refractivity contribution in [2.24, 2.45) is 4.99 Å². The first-order valence-electron chi connectivity index (χ1n) is 11.1. The molecular weight excluding hydrogens is 466 g/mol. The van der Waals surface area contributed by atoms with Crippen LogP contribution in [0.15, 0.2) is 47.5 Å². The Bertz CT molecular complexity index is 1030. The van der Waals surface area contributed by atoms with Crippen LogP contribution < -0.4 is 16.0 Å². The van der Waals surface area contributed by atoms with Gasteiger partial charge in [0.05, 0.1) is 13.2 Å². The number of nitrogens with one attached hydrogen (secondary N) is 3. The van der Waals surface area contributed by atoms with Crippen LogP contribution >= 0.6 is 11.6 Å². The van der Waals surface area contributed by atoms with Gasteiger partial charge in [-0.2, -0.15) is 0 Å². The van der Waals surface area contributed by atoms with E-state index in [0.717, 1.165) is 43.4 Å². The Kier molecular flexibility index (Phi) is 9.21. The third-order valence-electron chi connectivity index (χ3n) is 5.41. The summed E-state index contributed by atoms with van der Waals surface area (Å²) in [6.07, 6.45) is 2.51. The second kappa shape index (κ2) is 12.3. The van der Waals surface area contributed by atoms with Gasteiger partial charge in [-0.1, -0.05) is 23.7 Å². The smallest absolute Gasteiger partial charge is 0.407 e. The number of aliphatic imine (C=N–C) groups is 1. The van der Waals surface area contributed by atoms with E-state index in [1.54, 1.807) is 19.1 Å². The fourth-order valence-electron chi connectivity index (χ4n) is 3.61. The number of carbonyl (C=O) groups is 2. The molecule has 34 heavy (non-hydrogen) atoms. The summed E-state index contributed by atoms with van der Waals surface area (Å²) in [6, 6.07) is 10.1. The zero-order chi connectivity index (χ0) is 24.5. The highest BCUT2D eigenvalue weighted by atomic mass is 35.5. The molecule has 0 aliphatic heterocycles. The number of rotatable bonds is 6. The van der Waals surface area contributed by atoms with Gasteiger partial charge in [0.2, 0.25) is 0 Å². The SMILES string of the molecule is CCOC(=O)NC1CCC(NC(=NCc2ccc(Cl)cc2)NC(=O)c2ccc(F)c(F)c2)CC1. The lowest BCUT2D eigenvalue weighted by molar-refractivity contribution is 0.0974. The molecule has 0 radical (unpaired) electrons. The number of benzene rings is 2. The predicted molar refractivity (Wildman–Crippen MR) is 126 cm³/mol. The molecule has 1 aliphatic rings. The second-order valence-electron chi connectivity index (χ2n) is 7.93. The lowest BCUT2D eigenvalue weighted by Gasteiger charge is -2.30. The molecule has 0 heterocycles. The minimum atomic E-state index is -1.10. The average molecular weight is 493 g/mol. The van der Waals surface area contributed by atoms with Gasteiger partial charge >= 0.3 is 6.09 Å². The summed E-state index contributed by atoms with van der Waals surface area (Å²) in [6.45, 7) is 2.34. The molecule has 0 unspecified atom stereocenters. The van der Waals surface area contributed by atoms with Gasteiger partial charge in [-0.15, -0.1) is 0 Å². The van der Waals surface area contributed by atoms with Crippen molar-refractivity contribution in [1.29, 1.82) is 0 Å². The van der Waals surface area contributed by atoms with Gasteiger partial charge in [-0.3, -0.25) is 10.1 Å². The number of nitrogens with zero attached hydrogens (tertiary/aromatic N) is 1. The molecule has 0 spiro atoms. The summed E-state index contributed by atoms with van der Waals surface area (Å²) in [5, 5.41) is 9.35. The third-order valence-corrected chi connectivity index (χ3v) is 5.66. The molecule has 2 aromatic carbocycles. The Hall–Kier alpha value is -3.20. The maximum absolute atomic E-state index is 13.6. The Morgan fingerprint density at radius 2 is 1.65 bits per heavy atom. The molecule has 0 atom stereocenters. The number of carbonyl (C=O) groups excluding carboxylic acids is 2. The van der Waals surface area contributed by atoms with E-state index in [9.17, 15) is 18.4 Å².